The second-order valence-corrected chi connectivity index (χ2v) is 11.1. The Morgan fingerprint density at radius 3 is 2.52 bits per heavy atom. The number of allylic oxidation sites excluding steroid dienone is 1. The van der Waals surface area contributed by atoms with Gasteiger partial charge in [0, 0.05) is 24.0 Å². The molecule has 214 valence electrons. The van der Waals surface area contributed by atoms with E-state index in [1.807, 2.05) is 57.2 Å². The first-order chi connectivity index (χ1) is 19.0. The highest BCUT2D eigenvalue weighted by Crippen LogP contribution is 2.24. The van der Waals surface area contributed by atoms with Crippen LogP contribution >= 0.6 is 0 Å². The number of cyclic esters (lactones) is 1. The van der Waals surface area contributed by atoms with Gasteiger partial charge in [-0.05, 0) is 68.2 Å². The van der Waals surface area contributed by atoms with Gasteiger partial charge in [-0.15, -0.1) is 0 Å². The highest BCUT2D eigenvalue weighted by atomic mass is 16.5. The van der Waals surface area contributed by atoms with Crippen molar-refractivity contribution < 1.29 is 23.9 Å². The van der Waals surface area contributed by atoms with Gasteiger partial charge in [0.25, 0.3) is 5.91 Å². The van der Waals surface area contributed by atoms with Crippen molar-refractivity contribution in [3.05, 3.63) is 47.8 Å². The van der Waals surface area contributed by atoms with Gasteiger partial charge in [0.15, 0.2) is 0 Å². The highest BCUT2D eigenvalue weighted by molar-refractivity contribution is 5.92. The molecule has 2 aliphatic heterocycles. The molecule has 1 fully saturated rings. The molecule has 0 saturated carbocycles. The normalized spacial score (nSPS) is 28.1. The average Bonchev–Trinajstić information content (AvgIpc) is 2.94. The van der Waals surface area contributed by atoms with E-state index in [9.17, 15) is 19.2 Å². The van der Waals surface area contributed by atoms with E-state index in [2.05, 4.69) is 21.0 Å². The fourth-order valence-electron chi connectivity index (χ4n) is 4.89. The van der Waals surface area contributed by atoms with Crippen molar-refractivity contribution in [3.8, 4) is 0 Å². The minimum atomic E-state index is -0.863. The van der Waals surface area contributed by atoms with E-state index in [0.717, 1.165) is 22.0 Å². The number of amides is 3. The summed E-state index contributed by atoms with van der Waals surface area (Å²) in [5.41, 5.74) is 4.57. The maximum atomic E-state index is 13.2. The molecule has 5 atom stereocenters. The standard InChI is InChI=1S/C30H39N5O5/c1-17(2)26-28(37)32-19(4)29(38)35-13-7-10-25(34-35)30(39)40-20(5)21-11-12-22-16-31-24(15-23(22)14-21)9-6-8-18(3)27(36)33-26/h6,9,11-12,14-20,25-26,34H,7-8,10,13H2,1-5H3,(H,32,37)(H,33,36)/b9-6+/t18?,19?,20-,25?,26?/m1/s1. The Balaban J connectivity index is 1.63. The lowest BCUT2D eigenvalue weighted by Crippen LogP contribution is -2.61. The van der Waals surface area contributed by atoms with Crippen molar-refractivity contribution in [2.75, 3.05) is 6.54 Å². The molecule has 4 rings (SSSR count). The van der Waals surface area contributed by atoms with E-state index in [1.54, 1.807) is 20.0 Å². The minimum absolute atomic E-state index is 0.194. The molecule has 2 aliphatic rings. The lowest BCUT2D eigenvalue weighted by molar-refractivity contribution is -0.157. The quantitative estimate of drug-likeness (QED) is 0.466. The number of carbonyl (C=O) groups is 4. The maximum Gasteiger partial charge on any atom is 0.325 e. The summed E-state index contributed by atoms with van der Waals surface area (Å²) in [5.74, 6) is -2.07. The monoisotopic (exact) mass is 549 g/mol. The molecule has 1 aromatic heterocycles. The fourth-order valence-corrected chi connectivity index (χ4v) is 4.89. The molecule has 2 aromatic rings. The zero-order chi connectivity index (χ0) is 29.0. The zero-order valence-corrected chi connectivity index (χ0v) is 23.8. The molecule has 10 heteroatoms. The van der Waals surface area contributed by atoms with Crippen molar-refractivity contribution in [1.29, 1.82) is 0 Å². The minimum Gasteiger partial charge on any atom is -0.457 e. The summed E-state index contributed by atoms with van der Waals surface area (Å²) in [6.45, 7) is 9.30. The van der Waals surface area contributed by atoms with Crippen molar-refractivity contribution in [2.24, 2.45) is 11.8 Å². The lowest BCUT2D eigenvalue weighted by Gasteiger charge is -2.35. The molecule has 3 heterocycles. The van der Waals surface area contributed by atoms with Gasteiger partial charge >= 0.3 is 5.97 Å². The third-order valence-corrected chi connectivity index (χ3v) is 7.47. The first-order valence-corrected chi connectivity index (χ1v) is 14.0. The van der Waals surface area contributed by atoms with Gasteiger partial charge < -0.3 is 15.4 Å². The van der Waals surface area contributed by atoms with E-state index >= 15 is 0 Å². The van der Waals surface area contributed by atoms with Crippen LogP contribution in [-0.2, 0) is 23.9 Å². The summed E-state index contributed by atoms with van der Waals surface area (Å²) in [6.07, 6.45) is 6.64. The van der Waals surface area contributed by atoms with Crippen LogP contribution in [0.3, 0.4) is 0 Å². The van der Waals surface area contributed by atoms with Gasteiger partial charge in [-0.25, -0.2) is 5.43 Å². The topological polar surface area (TPSA) is 130 Å². The highest BCUT2D eigenvalue weighted by Gasteiger charge is 2.34. The molecule has 10 nitrogen and oxygen atoms in total. The fraction of sp³-hybridized carbons (Fsp3) is 0.500. The maximum absolute atomic E-state index is 13.2. The second kappa shape index (κ2) is 12.6. The summed E-state index contributed by atoms with van der Waals surface area (Å²) in [7, 11) is 0. The van der Waals surface area contributed by atoms with Crippen LogP contribution in [0.15, 0.2) is 36.5 Å². The number of pyridine rings is 1. The average molecular weight is 550 g/mol. The van der Waals surface area contributed by atoms with Gasteiger partial charge in [0.05, 0.1) is 5.69 Å². The number of aromatic nitrogens is 1. The van der Waals surface area contributed by atoms with Crippen LogP contribution in [0.5, 0.6) is 0 Å². The van der Waals surface area contributed by atoms with Crippen LogP contribution in [-0.4, -0.2) is 58.4 Å². The van der Waals surface area contributed by atoms with Crippen molar-refractivity contribution in [2.45, 2.75) is 78.1 Å². The van der Waals surface area contributed by atoms with Crippen LogP contribution in [0.4, 0.5) is 0 Å². The Morgan fingerprint density at radius 1 is 1.00 bits per heavy atom. The first kappa shape index (κ1) is 29.2. The molecular weight excluding hydrogens is 510 g/mol. The zero-order valence-electron chi connectivity index (χ0n) is 23.8. The van der Waals surface area contributed by atoms with Crippen LogP contribution < -0.4 is 16.1 Å². The molecule has 5 bridgehead atoms. The third-order valence-electron chi connectivity index (χ3n) is 7.47. The molecule has 1 aromatic carbocycles. The van der Waals surface area contributed by atoms with Crippen molar-refractivity contribution >= 4 is 40.5 Å². The molecule has 0 spiro atoms. The summed E-state index contributed by atoms with van der Waals surface area (Å²) in [6, 6.07) is 5.43. The SMILES string of the molecule is CC1C/C=C/c2cc3cc(ccc3cn2)[C@@H](C)OC(=O)C2CCCN(N2)C(=O)C(C)NC(=O)C(C(C)C)NC1=O. The number of carbonyl (C=O) groups excluding carboxylic acids is 4. The largest absolute Gasteiger partial charge is 0.457 e. The number of nitrogens with one attached hydrogen (secondary N) is 3. The number of hydrogen-bond donors (Lipinski definition) is 3. The Bertz CT molecular complexity index is 1310. The third kappa shape index (κ3) is 6.85. The number of fused-ring (bicyclic) bond motifs is 4. The van der Waals surface area contributed by atoms with Crippen LogP contribution in [0.25, 0.3) is 16.8 Å². The van der Waals surface area contributed by atoms with E-state index in [-0.39, 0.29) is 23.7 Å². The summed E-state index contributed by atoms with van der Waals surface area (Å²) < 4.78 is 5.80. The first-order valence-electron chi connectivity index (χ1n) is 14.0. The van der Waals surface area contributed by atoms with E-state index < -0.39 is 36.1 Å². The predicted octanol–water partition coefficient (Wildman–Crippen LogP) is 3.03. The Kier molecular flexibility index (Phi) is 9.19. The smallest absolute Gasteiger partial charge is 0.325 e. The van der Waals surface area contributed by atoms with E-state index in [0.29, 0.717) is 25.8 Å². The number of hydrazine groups is 1. The summed E-state index contributed by atoms with van der Waals surface area (Å²) in [5, 5.41) is 8.87. The van der Waals surface area contributed by atoms with Crippen molar-refractivity contribution in [1.82, 2.24) is 26.1 Å². The Hall–Kier alpha value is -3.79. The van der Waals surface area contributed by atoms with Crippen LogP contribution in [0.1, 0.15) is 71.2 Å². The molecular formula is C30H39N5O5. The molecule has 0 aliphatic carbocycles. The molecule has 3 amide bonds. The van der Waals surface area contributed by atoms with Crippen LogP contribution in [0.2, 0.25) is 0 Å². The number of esters is 1. The number of nitrogens with zero attached hydrogens (tertiary/aromatic N) is 2. The predicted molar refractivity (Wildman–Crippen MR) is 151 cm³/mol. The summed E-state index contributed by atoms with van der Waals surface area (Å²) in [4.78, 5) is 56.8. The second-order valence-electron chi connectivity index (χ2n) is 11.1. The van der Waals surface area contributed by atoms with E-state index in [4.69, 9.17) is 4.74 Å². The number of rotatable bonds is 1. The van der Waals surface area contributed by atoms with E-state index in [1.165, 1.54) is 5.01 Å². The number of benzene rings is 1. The number of ether oxygens (including phenoxy) is 1. The Labute approximate surface area is 234 Å². The van der Waals surface area contributed by atoms with Gasteiger partial charge in [-0.2, -0.15) is 0 Å². The van der Waals surface area contributed by atoms with Crippen LogP contribution in [0, 0.1) is 11.8 Å². The molecule has 1 saturated heterocycles. The molecule has 4 unspecified atom stereocenters. The van der Waals surface area contributed by atoms with Gasteiger partial charge in [0.1, 0.15) is 24.2 Å². The van der Waals surface area contributed by atoms with Gasteiger partial charge in [0.2, 0.25) is 11.8 Å². The van der Waals surface area contributed by atoms with Gasteiger partial charge in [-0.3, -0.25) is 29.2 Å². The molecule has 0 radical (unpaired) electrons. The summed E-state index contributed by atoms with van der Waals surface area (Å²) >= 11 is 0. The number of hydrogen-bond acceptors (Lipinski definition) is 7. The van der Waals surface area contributed by atoms with Crippen molar-refractivity contribution in [3.63, 3.8) is 0 Å². The van der Waals surface area contributed by atoms with Gasteiger partial charge in [-0.1, -0.05) is 39.0 Å². The lowest BCUT2D eigenvalue weighted by atomic mass is 10.00. The Morgan fingerprint density at radius 2 is 1.77 bits per heavy atom. The molecule has 40 heavy (non-hydrogen) atoms. The molecule has 3 N–H and O–H groups in total.